The van der Waals surface area contributed by atoms with Crippen LogP contribution in [0.15, 0.2) is 71.8 Å². The first-order chi connectivity index (χ1) is 20.9. The minimum Gasteiger partial charge on any atom is -0.414 e. The number of amides is 1. The first-order valence-electron chi connectivity index (χ1n) is 14.5. The van der Waals surface area contributed by atoms with Crippen LogP contribution in [0.25, 0.3) is 11.2 Å². The Kier molecular flexibility index (Phi) is 9.05. The molecule has 2 aromatic carbocycles. The van der Waals surface area contributed by atoms with E-state index in [1.807, 2.05) is 66.9 Å². The molecule has 0 unspecified atom stereocenters. The molecule has 4 aromatic rings. The number of hydrogen-bond acceptors (Lipinski definition) is 9. The number of thioether (sulfide) groups is 1. The summed E-state index contributed by atoms with van der Waals surface area (Å²) < 4.78 is 21.4. The average molecular weight is 637 g/mol. The Hall–Kier alpha value is -3.49. The van der Waals surface area contributed by atoms with E-state index in [0.717, 1.165) is 0 Å². The van der Waals surface area contributed by atoms with Crippen LogP contribution in [0.3, 0.4) is 0 Å². The quantitative estimate of drug-likeness (QED) is 0.177. The molecule has 0 aliphatic carbocycles. The zero-order valence-corrected chi connectivity index (χ0v) is 27.8. The summed E-state index contributed by atoms with van der Waals surface area (Å²) in [5.74, 6) is -0.103. The maximum atomic E-state index is 15.2. The molecule has 0 radical (unpaired) electrons. The van der Waals surface area contributed by atoms with E-state index in [1.165, 1.54) is 22.7 Å². The van der Waals surface area contributed by atoms with E-state index in [1.54, 1.807) is 4.90 Å². The Morgan fingerprint density at radius 2 is 1.77 bits per heavy atom. The number of aromatic nitrogens is 4. The van der Waals surface area contributed by atoms with Gasteiger partial charge in [-0.05, 0) is 48.7 Å². The molecule has 3 atom stereocenters. The number of carbonyl (C=O) groups is 1. The van der Waals surface area contributed by atoms with Gasteiger partial charge >= 0.3 is 0 Å². The molecule has 3 heterocycles. The molecule has 1 aliphatic rings. The molecular formula is C31H40N6O5SSi. The summed E-state index contributed by atoms with van der Waals surface area (Å²) in [5.41, 5.74) is 5.23. The highest BCUT2D eigenvalue weighted by Gasteiger charge is 2.57. The van der Waals surface area contributed by atoms with Gasteiger partial charge in [-0.25, -0.2) is 4.98 Å². The fraction of sp³-hybridized carbons (Fsp3) is 0.419. The number of hydrogen-bond donors (Lipinski definition) is 2. The molecule has 234 valence electrons. The second-order valence-electron chi connectivity index (χ2n) is 12.4. The number of aromatic amines is 1. The first kappa shape index (κ1) is 31.9. The summed E-state index contributed by atoms with van der Waals surface area (Å²) >= 11 is 1.53. The molecule has 0 saturated carbocycles. The maximum absolute atomic E-state index is 15.2. The number of benzene rings is 2. The van der Waals surface area contributed by atoms with Gasteiger partial charge < -0.3 is 19.6 Å². The lowest BCUT2D eigenvalue weighted by Crippen LogP contribution is -2.50. The molecule has 1 saturated heterocycles. The van der Waals surface area contributed by atoms with Crippen LogP contribution in [-0.2, 0) is 24.4 Å². The van der Waals surface area contributed by atoms with Gasteiger partial charge in [-0.15, -0.1) is 11.8 Å². The van der Waals surface area contributed by atoms with Gasteiger partial charge in [-0.1, -0.05) is 57.2 Å². The highest BCUT2D eigenvalue weighted by molar-refractivity contribution is 7.98. The number of nitrogens with zero attached hydrogens (tertiary/aromatic N) is 4. The van der Waals surface area contributed by atoms with E-state index in [0.29, 0.717) is 17.3 Å². The number of para-hydroxylation sites is 2. The summed E-state index contributed by atoms with van der Waals surface area (Å²) in [6, 6.07) is 18.7. The number of nitrogens with two attached hydrogens (primary N) is 1. The SMILES string of the molecule is CSCO[C@H]1C[C@](C(=O)N(c2ccccc2)c2ccccc2)(n2cnc3c(=O)[nH]c(N)nc32)O[C@@H]1CO[Si](C)(C)C(C)(C)C. The molecule has 3 N–H and O–H groups in total. The van der Waals surface area contributed by atoms with Gasteiger partial charge in [0.15, 0.2) is 19.5 Å². The zero-order valence-electron chi connectivity index (χ0n) is 25.9. The molecule has 1 amide bonds. The third-order valence-corrected chi connectivity index (χ3v) is 13.3. The zero-order chi connectivity index (χ0) is 31.7. The van der Waals surface area contributed by atoms with Crippen LogP contribution in [0.1, 0.15) is 27.2 Å². The van der Waals surface area contributed by atoms with E-state index in [-0.39, 0.29) is 35.2 Å². The van der Waals surface area contributed by atoms with E-state index >= 15 is 4.79 Å². The van der Waals surface area contributed by atoms with Crippen LogP contribution in [-0.4, -0.2) is 64.8 Å². The van der Waals surface area contributed by atoms with Gasteiger partial charge in [-0.3, -0.25) is 24.0 Å². The summed E-state index contributed by atoms with van der Waals surface area (Å²) in [5, 5.41) is -0.0332. The Balaban J connectivity index is 1.69. The molecule has 11 nitrogen and oxygen atoms in total. The number of nitrogens with one attached hydrogen (secondary N) is 1. The number of rotatable bonds is 10. The molecule has 1 fully saturated rings. The summed E-state index contributed by atoms with van der Waals surface area (Å²) in [6.45, 7) is 11.1. The minimum atomic E-state index is -2.19. The Labute approximate surface area is 262 Å². The van der Waals surface area contributed by atoms with Crippen molar-refractivity contribution in [1.82, 2.24) is 19.5 Å². The lowest BCUT2D eigenvalue weighted by Gasteiger charge is -2.38. The topological polar surface area (TPSA) is 138 Å². The molecule has 44 heavy (non-hydrogen) atoms. The normalized spacial score (nSPS) is 20.7. The van der Waals surface area contributed by atoms with Crippen LogP contribution in [0, 0.1) is 0 Å². The van der Waals surface area contributed by atoms with Crippen molar-refractivity contribution < 1.29 is 18.7 Å². The minimum absolute atomic E-state index is 0.0332. The number of H-pyrrole nitrogens is 1. The lowest BCUT2D eigenvalue weighted by atomic mass is 10.0. The maximum Gasteiger partial charge on any atom is 0.285 e. The predicted octanol–water partition coefficient (Wildman–Crippen LogP) is 5.24. The van der Waals surface area contributed by atoms with E-state index in [9.17, 15) is 4.79 Å². The molecule has 1 aliphatic heterocycles. The van der Waals surface area contributed by atoms with Crippen molar-refractivity contribution in [3.05, 3.63) is 77.3 Å². The molecule has 0 spiro atoms. The highest BCUT2D eigenvalue weighted by Crippen LogP contribution is 2.44. The van der Waals surface area contributed by atoms with Crippen LogP contribution >= 0.6 is 11.8 Å². The number of imidazole rings is 1. The fourth-order valence-corrected chi connectivity index (χ4v) is 6.37. The monoisotopic (exact) mass is 636 g/mol. The van der Waals surface area contributed by atoms with Crippen LogP contribution in [0.4, 0.5) is 17.3 Å². The van der Waals surface area contributed by atoms with Crippen molar-refractivity contribution in [3.63, 3.8) is 0 Å². The number of fused-ring (bicyclic) bond motifs is 1. The second-order valence-corrected chi connectivity index (χ2v) is 18.0. The second kappa shape index (κ2) is 12.5. The Bertz CT molecular complexity index is 1620. The van der Waals surface area contributed by atoms with Crippen molar-refractivity contribution >= 4 is 54.5 Å². The van der Waals surface area contributed by atoms with Gasteiger partial charge in [0.2, 0.25) is 11.7 Å². The van der Waals surface area contributed by atoms with E-state index < -0.39 is 37.7 Å². The van der Waals surface area contributed by atoms with Gasteiger partial charge in [0, 0.05) is 17.8 Å². The van der Waals surface area contributed by atoms with Crippen molar-refractivity contribution in [2.24, 2.45) is 0 Å². The van der Waals surface area contributed by atoms with Gasteiger partial charge in [-0.2, -0.15) is 4.98 Å². The van der Waals surface area contributed by atoms with Crippen LogP contribution < -0.4 is 16.2 Å². The third-order valence-electron chi connectivity index (χ3n) is 8.43. The predicted molar refractivity (Wildman–Crippen MR) is 176 cm³/mol. The largest absolute Gasteiger partial charge is 0.414 e. The van der Waals surface area contributed by atoms with Crippen molar-refractivity contribution in [3.8, 4) is 0 Å². The van der Waals surface area contributed by atoms with Crippen LogP contribution in [0.2, 0.25) is 18.1 Å². The number of carbonyl (C=O) groups excluding carboxylic acids is 1. The number of anilines is 3. The van der Waals surface area contributed by atoms with Crippen molar-refractivity contribution in [1.29, 1.82) is 0 Å². The lowest BCUT2D eigenvalue weighted by molar-refractivity contribution is -0.159. The van der Waals surface area contributed by atoms with Crippen LogP contribution in [0.5, 0.6) is 0 Å². The molecule has 2 aromatic heterocycles. The standard InChI is InChI=1S/C31H40N6O5SSi/c1-30(2,3)44(5,6)41-18-24-23(40-20-43-4)17-31(42-24,36-19-33-25-26(36)34-29(32)35-27(25)38)28(39)37(21-13-9-7-10-14-21)22-15-11-8-12-16-22/h7-16,19,23-24H,17-18,20H2,1-6H3,(H3,32,34,35,38)/t23-,24+,31-/m0/s1. The molecular weight excluding hydrogens is 597 g/mol. The smallest absolute Gasteiger partial charge is 0.285 e. The molecule has 13 heteroatoms. The van der Waals surface area contributed by atoms with Gasteiger partial charge in [0.05, 0.1) is 18.6 Å². The van der Waals surface area contributed by atoms with E-state index in [2.05, 4.69) is 48.8 Å². The fourth-order valence-electron chi connectivity index (χ4n) is 5.05. The highest BCUT2D eigenvalue weighted by atomic mass is 32.2. The summed E-state index contributed by atoms with van der Waals surface area (Å²) in [7, 11) is -2.19. The van der Waals surface area contributed by atoms with Gasteiger partial charge in [0.25, 0.3) is 11.5 Å². The third kappa shape index (κ3) is 6.07. The Morgan fingerprint density at radius 1 is 1.16 bits per heavy atom. The van der Waals surface area contributed by atoms with E-state index in [4.69, 9.17) is 19.6 Å². The van der Waals surface area contributed by atoms with Gasteiger partial charge in [0.1, 0.15) is 12.4 Å². The van der Waals surface area contributed by atoms with Crippen molar-refractivity contribution in [2.75, 3.05) is 29.4 Å². The summed E-state index contributed by atoms with van der Waals surface area (Å²) in [4.78, 5) is 40.9. The average Bonchev–Trinajstić information content (AvgIpc) is 3.58. The van der Waals surface area contributed by atoms with Crippen molar-refractivity contribution in [2.45, 2.75) is 63.3 Å². The Morgan fingerprint density at radius 3 is 2.34 bits per heavy atom. The first-order valence-corrected chi connectivity index (χ1v) is 18.8. The number of ether oxygens (including phenoxy) is 2. The molecule has 5 rings (SSSR count). The summed E-state index contributed by atoms with van der Waals surface area (Å²) in [6.07, 6.45) is 2.37. The molecule has 0 bridgehead atoms. The number of nitrogen functional groups attached to an aromatic ring is 1.